The van der Waals surface area contributed by atoms with Gasteiger partial charge < -0.3 is 24.8 Å². The Morgan fingerprint density at radius 3 is 2.36 bits per heavy atom. The number of benzene rings is 1. The Labute approximate surface area is 244 Å². The standard InChI is InChI=1S/C28H38N6O8/c1-16(2)22(25(37)40-7)30-23(35)20-14-33(32-31-20)15-21-17(3)41-27(39)34(21)24(36)19(13-18-11-9-8-10-12-18)29-26(38)42-28(4,5)6/h8-12,14,16-17,19,21-22H,13,15H2,1-7H3,(H,29,38)(H,30,35)/t17-,19-,21-,22-/m1/s1. The summed E-state index contributed by atoms with van der Waals surface area (Å²) < 4.78 is 16.8. The topological polar surface area (TPSA) is 171 Å². The summed E-state index contributed by atoms with van der Waals surface area (Å²) in [4.78, 5) is 65.0. The third kappa shape index (κ3) is 8.27. The van der Waals surface area contributed by atoms with Crippen LogP contribution in [0.3, 0.4) is 0 Å². The molecular formula is C28H38N6O8. The molecule has 0 radical (unpaired) electrons. The van der Waals surface area contributed by atoms with E-state index in [2.05, 4.69) is 20.9 Å². The van der Waals surface area contributed by atoms with Gasteiger partial charge in [0.25, 0.3) is 11.8 Å². The van der Waals surface area contributed by atoms with Crippen molar-refractivity contribution in [1.82, 2.24) is 30.5 Å². The summed E-state index contributed by atoms with van der Waals surface area (Å²) in [7, 11) is 1.23. The molecule has 1 aromatic carbocycles. The first-order chi connectivity index (χ1) is 19.7. The third-order valence-corrected chi connectivity index (χ3v) is 6.42. The highest BCUT2D eigenvalue weighted by molar-refractivity contribution is 5.98. The lowest BCUT2D eigenvalue weighted by Gasteiger charge is -2.27. The van der Waals surface area contributed by atoms with Crippen LogP contribution in [0.2, 0.25) is 0 Å². The van der Waals surface area contributed by atoms with Gasteiger partial charge in [0.1, 0.15) is 23.8 Å². The predicted molar refractivity (Wildman–Crippen MR) is 148 cm³/mol. The molecule has 0 saturated carbocycles. The molecule has 0 unspecified atom stereocenters. The zero-order chi connectivity index (χ0) is 31.2. The molecular weight excluding hydrogens is 548 g/mol. The lowest BCUT2D eigenvalue weighted by molar-refractivity contribution is -0.144. The molecule has 2 heterocycles. The van der Waals surface area contributed by atoms with Gasteiger partial charge in [-0.15, -0.1) is 5.10 Å². The Hall–Kier alpha value is -4.49. The number of carbonyl (C=O) groups excluding carboxylic acids is 5. The third-order valence-electron chi connectivity index (χ3n) is 6.42. The highest BCUT2D eigenvalue weighted by Crippen LogP contribution is 2.23. The number of hydrogen-bond acceptors (Lipinski definition) is 10. The number of cyclic esters (lactones) is 1. The summed E-state index contributed by atoms with van der Waals surface area (Å²) >= 11 is 0. The van der Waals surface area contributed by atoms with Crippen LogP contribution in [0.25, 0.3) is 0 Å². The fourth-order valence-electron chi connectivity index (χ4n) is 4.31. The van der Waals surface area contributed by atoms with Crippen molar-refractivity contribution in [2.45, 2.75) is 84.3 Å². The number of ether oxygens (including phenoxy) is 3. The Morgan fingerprint density at radius 2 is 1.76 bits per heavy atom. The van der Waals surface area contributed by atoms with Crippen molar-refractivity contribution in [2.75, 3.05) is 7.11 Å². The van der Waals surface area contributed by atoms with Crippen LogP contribution in [-0.4, -0.2) is 86.8 Å². The minimum atomic E-state index is -1.15. The fourth-order valence-corrected chi connectivity index (χ4v) is 4.31. The number of imide groups is 1. The van der Waals surface area contributed by atoms with E-state index >= 15 is 0 Å². The van der Waals surface area contributed by atoms with E-state index < -0.39 is 59.8 Å². The normalized spacial score (nSPS) is 18.2. The van der Waals surface area contributed by atoms with Gasteiger partial charge in [-0.3, -0.25) is 9.59 Å². The van der Waals surface area contributed by atoms with E-state index in [4.69, 9.17) is 14.2 Å². The van der Waals surface area contributed by atoms with E-state index in [1.807, 2.05) is 6.07 Å². The molecule has 228 valence electrons. The van der Waals surface area contributed by atoms with E-state index in [0.717, 1.165) is 10.5 Å². The zero-order valence-corrected chi connectivity index (χ0v) is 24.8. The zero-order valence-electron chi connectivity index (χ0n) is 24.8. The second kappa shape index (κ2) is 13.4. The minimum Gasteiger partial charge on any atom is -0.467 e. The van der Waals surface area contributed by atoms with Gasteiger partial charge >= 0.3 is 18.2 Å². The molecule has 1 saturated heterocycles. The molecule has 1 aliphatic heterocycles. The molecule has 4 atom stereocenters. The maximum atomic E-state index is 13.8. The van der Waals surface area contributed by atoms with E-state index in [9.17, 15) is 24.0 Å². The van der Waals surface area contributed by atoms with Crippen molar-refractivity contribution in [1.29, 1.82) is 0 Å². The molecule has 2 N–H and O–H groups in total. The van der Waals surface area contributed by atoms with Crippen molar-refractivity contribution < 1.29 is 38.2 Å². The first-order valence-corrected chi connectivity index (χ1v) is 13.6. The van der Waals surface area contributed by atoms with Gasteiger partial charge in [0.2, 0.25) is 0 Å². The molecule has 4 amide bonds. The van der Waals surface area contributed by atoms with Crippen LogP contribution in [0, 0.1) is 5.92 Å². The maximum Gasteiger partial charge on any atom is 0.417 e. The maximum absolute atomic E-state index is 13.8. The average Bonchev–Trinajstić information content (AvgIpc) is 3.49. The smallest absolute Gasteiger partial charge is 0.417 e. The molecule has 0 spiro atoms. The summed E-state index contributed by atoms with van der Waals surface area (Å²) in [6, 6.07) is 6.14. The first kappa shape index (κ1) is 32.0. The lowest BCUT2D eigenvalue weighted by atomic mass is 10.0. The van der Waals surface area contributed by atoms with Gasteiger partial charge in [0.05, 0.1) is 25.9 Å². The Kier molecular flexibility index (Phi) is 10.3. The predicted octanol–water partition coefficient (Wildman–Crippen LogP) is 2.08. The van der Waals surface area contributed by atoms with Gasteiger partial charge in [0, 0.05) is 6.42 Å². The number of aromatic nitrogens is 3. The van der Waals surface area contributed by atoms with Crippen LogP contribution >= 0.6 is 0 Å². The van der Waals surface area contributed by atoms with Crippen LogP contribution in [0.1, 0.15) is 57.6 Å². The van der Waals surface area contributed by atoms with Gasteiger partial charge in [-0.05, 0) is 39.2 Å². The molecule has 0 bridgehead atoms. The molecule has 14 heteroatoms. The lowest BCUT2D eigenvalue weighted by Crippen LogP contribution is -2.54. The van der Waals surface area contributed by atoms with Crippen LogP contribution in [-0.2, 0) is 36.8 Å². The fraction of sp³-hybridized carbons (Fsp3) is 0.536. The molecule has 1 aliphatic rings. The number of amides is 4. The Morgan fingerprint density at radius 1 is 1.10 bits per heavy atom. The quantitative estimate of drug-likeness (QED) is 0.310. The van der Waals surface area contributed by atoms with Crippen molar-refractivity contribution >= 4 is 30.0 Å². The Balaban J connectivity index is 1.81. The highest BCUT2D eigenvalue weighted by Gasteiger charge is 2.46. The molecule has 1 fully saturated rings. The monoisotopic (exact) mass is 586 g/mol. The van der Waals surface area contributed by atoms with Crippen LogP contribution in [0.5, 0.6) is 0 Å². The van der Waals surface area contributed by atoms with E-state index in [1.165, 1.54) is 18.0 Å². The number of nitrogens with one attached hydrogen (secondary N) is 2. The summed E-state index contributed by atoms with van der Waals surface area (Å²) in [6.07, 6.45) is -0.992. The number of rotatable bonds is 10. The van der Waals surface area contributed by atoms with Gasteiger partial charge in [-0.2, -0.15) is 0 Å². The van der Waals surface area contributed by atoms with E-state index in [1.54, 1.807) is 65.8 Å². The molecule has 3 rings (SSSR count). The summed E-state index contributed by atoms with van der Waals surface area (Å²) in [5, 5.41) is 13.0. The first-order valence-electron chi connectivity index (χ1n) is 13.6. The summed E-state index contributed by atoms with van der Waals surface area (Å²) in [5.41, 5.74) is -0.131. The van der Waals surface area contributed by atoms with Crippen molar-refractivity contribution in [3.05, 3.63) is 47.8 Å². The van der Waals surface area contributed by atoms with Crippen molar-refractivity contribution in [3.63, 3.8) is 0 Å². The molecule has 14 nitrogen and oxygen atoms in total. The minimum absolute atomic E-state index is 0.0476. The summed E-state index contributed by atoms with van der Waals surface area (Å²) in [6.45, 7) is 10.2. The van der Waals surface area contributed by atoms with Gasteiger partial charge in [0.15, 0.2) is 5.69 Å². The number of carbonyl (C=O) groups is 5. The number of methoxy groups -OCH3 is 1. The molecule has 1 aromatic heterocycles. The number of nitrogens with zero attached hydrogens (tertiary/aromatic N) is 4. The molecule has 2 aromatic rings. The van der Waals surface area contributed by atoms with Gasteiger partial charge in [-0.1, -0.05) is 49.4 Å². The van der Waals surface area contributed by atoms with Crippen molar-refractivity contribution in [2.24, 2.45) is 5.92 Å². The number of esters is 1. The van der Waals surface area contributed by atoms with E-state index in [0.29, 0.717) is 0 Å². The summed E-state index contributed by atoms with van der Waals surface area (Å²) in [5.74, 6) is -2.17. The average molecular weight is 587 g/mol. The van der Waals surface area contributed by atoms with Gasteiger partial charge in [-0.25, -0.2) is 24.0 Å². The van der Waals surface area contributed by atoms with E-state index in [-0.39, 0.29) is 24.6 Å². The number of hydrogen-bond donors (Lipinski definition) is 2. The molecule has 0 aliphatic carbocycles. The van der Waals surface area contributed by atoms with Crippen LogP contribution in [0.15, 0.2) is 36.5 Å². The second-order valence-corrected chi connectivity index (χ2v) is 11.3. The largest absolute Gasteiger partial charge is 0.467 e. The van der Waals surface area contributed by atoms with Crippen LogP contribution < -0.4 is 10.6 Å². The number of alkyl carbamates (subject to hydrolysis) is 1. The SMILES string of the molecule is COC(=O)[C@H](NC(=O)c1cn(C[C@@H]2[C@@H](C)OC(=O)N2C(=O)[C@@H](Cc2ccccc2)NC(=O)OC(C)(C)C)nn1)C(C)C. The Bertz CT molecular complexity index is 1290. The second-order valence-electron chi connectivity index (χ2n) is 11.3. The van der Waals surface area contributed by atoms with Crippen LogP contribution in [0.4, 0.5) is 9.59 Å². The molecule has 42 heavy (non-hydrogen) atoms. The highest BCUT2D eigenvalue weighted by atomic mass is 16.6. The van der Waals surface area contributed by atoms with Crippen molar-refractivity contribution in [3.8, 4) is 0 Å².